The van der Waals surface area contributed by atoms with Gasteiger partial charge in [-0.05, 0) is 26.7 Å². The molecule has 0 aromatic carbocycles. The first-order valence-electron chi connectivity index (χ1n) is 8.06. The highest BCUT2D eigenvalue weighted by atomic mass is 32.2. The Labute approximate surface area is 148 Å². The van der Waals surface area contributed by atoms with Crippen molar-refractivity contribution < 1.29 is 14.1 Å². The second-order valence-corrected chi connectivity index (χ2v) is 7.36. The number of nitrogens with zero attached hydrogens (tertiary/aromatic N) is 4. The van der Waals surface area contributed by atoms with Gasteiger partial charge in [0.2, 0.25) is 11.8 Å². The molecule has 0 aliphatic heterocycles. The minimum atomic E-state index is -0.416. The molecule has 3 N–H and O–H groups in total. The van der Waals surface area contributed by atoms with Crippen molar-refractivity contribution in [2.45, 2.75) is 56.0 Å². The number of nitrogens with two attached hydrogens (primary N) is 1. The summed E-state index contributed by atoms with van der Waals surface area (Å²) in [6, 6.07) is 1.65. The molecule has 1 unspecified atom stereocenters. The molecule has 10 heteroatoms. The molecule has 3 rings (SSSR count). The van der Waals surface area contributed by atoms with Crippen molar-refractivity contribution in [3.63, 3.8) is 0 Å². The third kappa shape index (κ3) is 4.38. The number of aromatic nitrogens is 4. The Kier molecular flexibility index (Phi) is 5.07. The summed E-state index contributed by atoms with van der Waals surface area (Å²) in [5.41, 5.74) is 5.26. The van der Waals surface area contributed by atoms with Gasteiger partial charge in [0.1, 0.15) is 11.6 Å². The van der Waals surface area contributed by atoms with Gasteiger partial charge in [-0.15, -0.1) is 10.2 Å². The lowest BCUT2D eigenvalue weighted by Gasteiger charge is -2.12. The zero-order valence-corrected chi connectivity index (χ0v) is 14.9. The van der Waals surface area contributed by atoms with Gasteiger partial charge in [-0.25, -0.2) is 0 Å². The fourth-order valence-corrected chi connectivity index (χ4v) is 3.21. The summed E-state index contributed by atoms with van der Waals surface area (Å²) in [6.07, 6.45) is 2.35. The smallest absolute Gasteiger partial charge is 0.238 e. The molecule has 1 aliphatic carbocycles. The van der Waals surface area contributed by atoms with Crippen LogP contribution in [0, 0.1) is 6.92 Å². The Balaban J connectivity index is 1.68. The van der Waals surface area contributed by atoms with Gasteiger partial charge in [0.05, 0.1) is 5.25 Å². The lowest BCUT2D eigenvalue weighted by atomic mass is 10.3. The van der Waals surface area contributed by atoms with E-state index in [0.29, 0.717) is 29.2 Å². The van der Waals surface area contributed by atoms with Crippen molar-refractivity contribution in [3.05, 3.63) is 17.7 Å². The van der Waals surface area contributed by atoms with E-state index in [2.05, 4.69) is 20.7 Å². The summed E-state index contributed by atoms with van der Waals surface area (Å²) < 4.78 is 6.83. The predicted molar refractivity (Wildman–Crippen MR) is 91.0 cm³/mol. The lowest BCUT2D eigenvalue weighted by Crippen LogP contribution is -2.23. The van der Waals surface area contributed by atoms with Crippen molar-refractivity contribution in [3.8, 4) is 0 Å². The van der Waals surface area contributed by atoms with Gasteiger partial charge in [0, 0.05) is 24.9 Å². The minimum absolute atomic E-state index is 0.212. The summed E-state index contributed by atoms with van der Waals surface area (Å²) >= 11 is 1.29. The number of hydrogen-bond donors (Lipinski definition) is 2. The molecule has 0 spiro atoms. The Morgan fingerprint density at radius 3 is 2.84 bits per heavy atom. The summed E-state index contributed by atoms with van der Waals surface area (Å²) in [7, 11) is 0. The van der Waals surface area contributed by atoms with E-state index >= 15 is 0 Å². The molecule has 0 radical (unpaired) electrons. The monoisotopic (exact) mass is 364 g/mol. The molecule has 1 saturated carbocycles. The van der Waals surface area contributed by atoms with Gasteiger partial charge in [-0.3, -0.25) is 9.59 Å². The van der Waals surface area contributed by atoms with Crippen LogP contribution in [0.25, 0.3) is 0 Å². The molecule has 1 aliphatic rings. The Hall–Kier alpha value is -2.36. The lowest BCUT2D eigenvalue weighted by molar-refractivity contribution is -0.118. The molecule has 2 heterocycles. The number of anilines is 1. The predicted octanol–water partition coefficient (Wildman–Crippen LogP) is 1.45. The quantitative estimate of drug-likeness (QED) is 0.678. The van der Waals surface area contributed by atoms with Gasteiger partial charge in [0.25, 0.3) is 0 Å². The van der Waals surface area contributed by atoms with Crippen LogP contribution >= 0.6 is 11.8 Å². The van der Waals surface area contributed by atoms with Crippen LogP contribution in [0.5, 0.6) is 0 Å². The number of thioether (sulfide) groups is 1. The summed E-state index contributed by atoms with van der Waals surface area (Å²) in [5, 5.41) is 15.1. The van der Waals surface area contributed by atoms with E-state index in [9.17, 15) is 9.59 Å². The van der Waals surface area contributed by atoms with Crippen LogP contribution in [0.3, 0.4) is 0 Å². The molecule has 1 fully saturated rings. The van der Waals surface area contributed by atoms with Crippen molar-refractivity contribution in [1.29, 1.82) is 0 Å². The van der Waals surface area contributed by atoms with Crippen molar-refractivity contribution in [1.82, 2.24) is 19.9 Å². The first kappa shape index (κ1) is 17.5. The van der Waals surface area contributed by atoms with Crippen molar-refractivity contribution >= 4 is 29.4 Å². The average Bonchev–Trinajstić information content (AvgIpc) is 3.20. The molecular weight excluding hydrogens is 344 g/mol. The molecule has 134 valence electrons. The zero-order chi connectivity index (χ0) is 18.0. The maximum atomic E-state index is 12.3. The fourth-order valence-electron chi connectivity index (χ4n) is 2.33. The van der Waals surface area contributed by atoms with E-state index in [0.717, 1.165) is 18.7 Å². The molecule has 0 saturated heterocycles. The van der Waals surface area contributed by atoms with Crippen LogP contribution in [0.15, 0.2) is 15.7 Å². The number of amides is 2. The van der Waals surface area contributed by atoms with Crippen LogP contribution in [-0.4, -0.2) is 37.0 Å². The molecule has 2 aromatic rings. The van der Waals surface area contributed by atoms with Crippen molar-refractivity contribution in [2.75, 3.05) is 5.32 Å². The first-order valence-corrected chi connectivity index (χ1v) is 8.94. The van der Waals surface area contributed by atoms with Gasteiger partial charge < -0.3 is 20.1 Å². The summed E-state index contributed by atoms with van der Waals surface area (Å²) in [4.78, 5) is 23.4. The van der Waals surface area contributed by atoms with Gasteiger partial charge in [0.15, 0.2) is 11.0 Å². The third-order valence-electron chi connectivity index (χ3n) is 3.80. The van der Waals surface area contributed by atoms with Crippen LogP contribution in [-0.2, 0) is 16.1 Å². The number of rotatable bonds is 8. The maximum absolute atomic E-state index is 12.3. The Morgan fingerprint density at radius 1 is 1.48 bits per heavy atom. The van der Waals surface area contributed by atoms with E-state index in [1.807, 2.05) is 4.57 Å². The van der Waals surface area contributed by atoms with Crippen LogP contribution in [0.1, 0.15) is 43.7 Å². The Bertz CT molecular complexity index is 782. The molecule has 25 heavy (non-hydrogen) atoms. The minimum Gasteiger partial charge on any atom is -0.370 e. The van der Waals surface area contributed by atoms with Gasteiger partial charge in [-0.1, -0.05) is 16.9 Å². The molecule has 1 atom stereocenters. The van der Waals surface area contributed by atoms with Gasteiger partial charge >= 0.3 is 0 Å². The van der Waals surface area contributed by atoms with Crippen LogP contribution in [0.4, 0.5) is 5.82 Å². The highest BCUT2D eigenvalue weighted by Crippen LogP contribution is 2.40. The Morgan fingerprint density at radius 2 is 2.24 bits per heavy atom. The van der Waals surface area contributed by atoms with Crippen LogP contribution in [0.2, 0.25) is 0 Å². The second-order valence-electron chi connectivity index (χ2n) is 6.06. The van der Waals surface area contributed by atoms with Gasteiger partial charge in [-0.2, -0.15) is 0 Å². The molecule has 0 bridgehead atoms. The van der Waals surface area contributed by atoms with E-state index in [-0.39, 0.29) is 18.2 Å². The van der Waals surface area contributed by atoms with Crippen LogP contribution < -0.4 is 11.1 Å². The first-order chi connectivity index (χ1) is 11.9. The molecule has 2 amide bonds. The number of hydrogen-bond acceptors (Lipinski definition) is 7. The summed E-state index contributed by atoms with van der Waals surface area (Å²) in [5.74, 6) is 1.66. The molecular formula is C15H20N6O3S. The number of carbonyl (C=O) groups is 2. The number of carbonyl (C=O) groups excluding carboxylic acids is 2. The average molecular weight is 364 g/mol. The van der Waals surface area contributed by atoms with E-state index < -0.39 is 5.25 Å². The standard InChI is InChI=1S/C15H20N6O3S/c1-8-7-12(20-24-8)17-14(23)9(2)25-15-19-18-13(10-3-4-10)21(15)6-5-11(16)22/h7,9-10H,3-6H2,1-2H3,(H2,16,22)(H,17,20,23). The topological polar surface area (TPSA) is 129 Å². The highest BCUT2D eigenvalue weighted by molar-refractivity contribution is 8.00. The fraction of sp³-hybridized carbons (Fsp3) is 0.533. The number of aryl methyl sites for hydroxylation is 1. The number of nitrogens with one attached hydrogen (secondary N) is 1. The third-order valence-corrected chi connectivity index (χ3v) is 4.88. The second kappa shape index (κ2) is 7.26. The zero-order valence-electron chi connectivity index (χ0n) is 14.1. The largest absolute Gasteiger partial charge is 0.370 e. The normalized spacial score (nSPS) is 15.1. The van der Waals surface area contributed by atoms with E-state index in [1.54, 1.807) is 19.9 Å². The van der Waals surface area contributed by atoms with Crippen molar-refractivity contribution in [2.24, 2.45) is 5.73 Å². The summed E-state index contributed by atoms with van der Waals surface area (Å²) in [6.45, 7) is 3.95. The SMILES string of the molecule is Cc1cc(NC(=O)C(C)Sc2nnc(C3CC3)n2CCC(N)=O)no1. The molecule has 2 aromatic heterocycles. The number of primary amides is 1. The maximum Gasteiger partial charge on any atom is 0.238 e. The highest BCUT2D eigenvalue weighted by Gasteiger charge is 2.31. The molecule has 9 nitrogen and oxygen atoms in total. The van der Waals surface area contributed by atoms with E-state index in [1.165, 1.54) is 11.8 Å². The van der Waals surface area contributed by atoms with E-state index in [4.69, 9.17) is 10.3 Å².